The standard InChI is InChI=1S/C28H31ClN4O5S/c1-17-9-7-8-12-19(17)15-30-26(36)24-28(2,3)39-16-33(24)27(37)23(34)20(13-18-10-5-4-6-11-18)31-25(35)21-14-22(29)38-32-21/h4-12,14,20,23-24,34H,13,15-16H2,1-3H3,(H,30,36)(H,31,35)/t20-,23-,24+/m0/s1. The quantitative estimate of drug-likeness (QED) is 0.360. The Morgan fingerprint density at radius 3 is 2.54 bits per heavy atom. The fourth-order valence-corrected chi connectivity index (χ4v) is 5.83. The van der Waals surface area contributed by atoms with Crippen molar-refractivity contribution in [3.63, 3.8) is 0 Å². The van der Waals surface area contributed by atoms with Gasteiger partial charge in [0.1, 0.15) is 6.04 Å². The monoisotopic (exact) mass is 570 g/mol. The lowest BCUT2D eigenvalue weighted by Gasteiger charge is -2.33. The van der Waals surface area contributed by atoms with E-state index >= 15 is 0 Å². The number of carbonyl (C=O) groups is 3. The number of hydrogen-bond acceptors (Lipinski definition) is 7. The maximum absolute atomic E-state index is 13.7. The molecule has 0 unspecified atom stereocenters. The summed E-state index contributed by atoms with van der Waals surface area (Å²) in [5.74, 6) is -1.39. The van der Waals surface area contributed by atoms with Crippen molar-refractivity contribution in [2.45, 2.75) is 56.7 Å². The third kappa shape index (κ3) is 6.81. The molecule has 0 bridgehead atoms. The molecule has 2 aromatic carbocycles. The Hall–Kier alpha value is -3.34. The van der Waals surface area contributed by atoms with Gasteiger partial charge in [0.25, 0.3) is 11.8 Å². The van der Waals surface area contributed by atoms with Crippen molar-refractivity contribution >= 4 is 41.1 Å². The number of aliphatic hydroxyl groups excluding tert-OH is 1. The minimum absolute atomic E-state index is 0.0627. The van der Waals surface area contributed by atoms with E-state index < -0.39 is 34.7 Å². The maximum Gasteiger partial charge on any atom is 0.273 e. The Morgan fingerprint density at radius 1 is 1.18 bits per heavy atom. The second-order valence-corrected chi connectivity index (χ2v) is 11.9. The van der Waals surface area contributed by atoms with Gasteiger partial charge in [0.15, 0.2) is 11.8 Å². The molecule has 2 heterocycles. The number of benzene rings is 2. The Labute approximate surface area is 236 Å². The molecule has 3 amide bonds. The zero-order chi connectivity index (χ0) is 28.2. The van der Waals surface area contributed by atoms with Crippen molar-refractivity contribution in [3.05, 3.63) is 88.3 Å². The van der Waals surface area contributed by atoms with Gasteiger partial charge in [-0.1, -0.05) is 59.8 Å². The van der Waals surface area contributed by atoms with Crippen LogP contribution in [0.3, 0.4) is 0 Å². The first-order chi connectivity index (χ1) is 18.6. The zero-order valence-electron chi connectivity index (χ0n) is 21.9. The highest BCUT2D eigenvalue weighted by Gasteiger charge is 2.49. The summed E-state index contributed by atoms with van der Waals surface area (Å²) >= 11 is 7.21. The molecule has 1 saturated heterocycles. The number of carbonyl (C=O) groups excluding carboxylic acids is 3. The lowest BCUT2D eigenvalue weighted by molar-refractivity contribution is -0.147. The highest BCUT2D eigenvalue weighted by molar-refractivity contribution is 8.00. The average Bonchev–Trinajstić information content (AvgIpc) is 3.49. The number of hydrogen-bond donors (Lipinski definition) is 3. The molecule has 0 radical (unpaired) electrons. The van der Waals surface area contributed by atoms with Crippen LogP contribution in [0.5, 0.6) is 0 Å². The fraction of sp³-hybridized carbons (Fsp3) is 0.357. The molecule has 3 aromatic rings. The fourth-order valence-electron chi connectivity index (χ4n) is 4.55. The zero-order valence-corrected chi connectivity index (χ0v) is 23.5. The van der Waals surface area contributed by atoms with Crippen molar-refractivity contribution in [2.24, 2.45) is 0 Å². The maximum atomic E-state index is 13.7. The van der Waals surface area contributed by atoms with Crippen LogP contribution < -0.4 is 10.6 Å². The predicted molar refractivity (Wildman–Crippen MR) is 149 cm³/mol. The first-order valence-electron chi connectivity index (χ1n) is 12.5. The van der Waals surface area contributed by atoms with Gasteiger partial charge in [-0.25, -0.2) is 0 Å². The van der Waals surface area contributed by atoms with Gasteiger partial charge in [0, 0.05) is 17.4 Å². The van der Waals surface area contributed by atoms with Crippen LogP contribution in [-0.4, -0.2) is 61.7 Å². The third-order valence-electron chi connectivity index (χ3n) is 6.75. The Balaban J connectivity index is 1.53. The molecule has 39 heavy (non-hydrogen) atoms. The van der Waals surface area contributed by atoms with E-state index in [1.807, 2.05) is 75.4 Å². The van der Waals surface area contributed by atoms with Crippen molar-refractivity contribution in [1.29, 1.82) is 0 Å². The first-order valence-corrected chi connectivity index (χ1v) is 13.8. The molecular formula is C28H31ClN4O5S. The van der Waals surface area contributed by atoms with Gasteiger partial charge in [-0.2, -0.15) is 0 Å². The number of nitrogens with zero attached hydrogens (tertiary/aromatic N) is 2. The van der Waals surface area contributed by atoms with Crippen molar-refractivity contribution in [1.82, 2.24) is 20.7 Å². The van der Waals surface area contributed by atoms with Crippen LogP contribution in [0.1, 0.15) is 41.0 Å². The summed E-state index contributed by atoms with van der Waals surface area (Å²) in [4.78, 5) is 41.3. The van der Waals surface area contributed by atoms with Gasteiger partial charge < -0.3 is 25.2 Å². The molecular weight excluding hydrogens is 540 g/mol. The van der Waals surface area contributed by atoms with E-state index in [1.165, 1.54) is 22.7 Å². The van der Waals surface area contributed by atoms with Gasteiger partial charge in [-0.3, -0.25) is 14.4 Å². The number of amides is 3. The number of nitrogens with one attached hydrogen (secondary N) is 2. The molecule has 1 aliphatic rings. The van der Waals surface area contributed by atoms with Crippen LogP contribution in [0.25, 0.3) is 0 Å². The first kappa shape index (κ1) is 28.7. The largest absolute Gasteiger partial charge is 0.381 e. The number of thioether (sulfide) groups is 1. The highest BCUT2D eigenvalue weighted by Crippen LogP contribution is 2.40. The summed E-state index contributed by atoms with van der Waals surface area (Å²) in [6.07, 6.45) is -1.46. The summed E-state index contributed by atoms with van der Waals surface area (Å²) in [5, 5.41) is 20.5. The SMILES string of the molecule is Cc1ccccc1CNC(=O)[C@H]1N(C(=O)[C@@H](O)[C@H](Cc2ccccc2)NC(=O)c2cc(Cl)on2)CSC1(C)C. The van der Waals surface area contributed by atoms with Crippen LogP contribution in [0, 0.1) is 6.92 Å². The summed E-state index contributed by atoms with van der Waals surface area (Å²) in [5.41, 5.74) is 2.75. The van der Waals surface area contributed by atoms with Gasteiger partial charge in [-0.05, 0) is 55.5 Å². The molecule has 0 spiro atoms. The normalized spacial score (nSPS) is 17.9. The Bertz CT molecular complexity index is 1330. The number of aliphatic hydroxyl groups is 1. The van der Waals surface area contributed by atoms with Crippen LogP contribution in [0.2, 0.25) is 5.22 Å². The second-order valence-electron chi connectivity index (χ2n) is 9.96. The summed E-state index contributed by atoms with van der Waals surface area (Å²) in [6.45, 7) is 6.08. The number of aryl methyl sites for hydroxylation is 1. The van der Waals surface area contributed by atoms with Gasteiger partial charge >= 0.3 is 0 Å². The topological polar surface area (TPSA) is 125 Å². The van der Waals surface area contributed by atoms with Crippen LogP contribution >= 0.6 is 23.4 Å². The van der Waals surface area contributed by atoms with Crippen LogP contribution in [0.15, 0.2) is 65.2 Å². The lowest BCUT2D eigenvalue weighted by atomic mass is 9.97. The summed E-state index contributed by atoms with van der Waals surface area (Å²) in [7, 11) is 0. The predicted octanol–water partition coefficient (Wildman–Crippen LogP) is 3.33. The second kappa shape index (κ2) is 12.2. The smallest absolute Gasteiger partial charge is 0.273 e. The van der Waals surface area contributed by atoms with E-state index in [0.717, 1.165) is 16.7 Å². The average molecular weight is 571 g/mol. The Morgan fingerprint density at radius 2 is 1.87 bits per heavy atom. The van der Waals surface area contributed by atoms with E-state index in [1.54, 1.807) is 0 Å². The van der Waals surface area contributed by atoms with Crippen molar-refractivity contribution < 1.29 is 24.0 Å². The molecule has 206 valence electrons. The number of rotatable bonds is 9. The van der Waals surface area contributed by atoms with Crippen LogP contribution in [0.4, 0.5) is 0 Å². The minimum Gasteiger partial charge on any atom is -0.381 e. The lowest BCUT2D eigenvalue weighted by Crippen LogP contribution is -2.58. The van der Waals surface area contributed by atoms with E-state index in [9.17, 15) is 19.5 Å². The van der Waals surface area contributed by atoms with Crippen molar-refractivity contribution in [2.75, 3.05) is 5.88 Å². The molecule has 3 N–H and O–H groups in total. The van der Waals surface area contributed by atoms with Crippen LogP contribution in [-0.2, 0) is 22.6 Å². The molecule has 11 heteroatoms. The van der Waals surface area contributed by atoms with E-state index in [2.05, 4.69) is 15.8 Å². The summed E-state index contributed by atoms with van der Waals surface area (Å²) < 4.78 is 4.17. The summed E-state index contributed by atoms with van der Waals surface area (Å²) in [6, 6.07) is 16.3. The molecule has 4 rings (SSSR count). The molecule has 1 fully saturated rings. The molecule has 1 aromatic heterocycles. The molecule has 9 nitrogen and oxygen atoms in total. The van der Waals surface area contributed by atoms with E-state index in [0.29, 0.717) is 6.54 Å². The van der Waals surface area contributed by atoms with Gasteiger partial charge in [0.05, 0.1) is 11.9 Å². The number of halogens is 1. The molecule has 0 aliphatic carbocycles. The third-order valence-corrected chi connectivity index (χ3v) is 8.31. The molecule has 0 saturated carbocycles. The minimum atomic E-state index is -1.63. The highest BCUT2D eigenvalue weighted by atomic mass is 35.5. The van der Waals surface area contributed by atoms with E-state index in [-0.39, 0.29) is 29.1 Å². The molecule has 3 atom stereocenters. The van der Waals surface area contributed by atoms with Crippen molar-refractivity contribution in [3.8, 4) is 0 Å². The van der Waals surface area contributed by atoms with E-state index in [4.69, 9.17) is 16.1 Å². The molecule has 1 aliphatic heterocycles. The van der Waals surface area contributed by atoms with Gasteiger partial charge in [0.2, 0.25) is 11.1 Å². The number of aromatic nitrogens is 1. The Kier molecular flexibility index (Phi) is 8.99. The van der Waals surface area contributed by atoms with Gasteiger partial charge in [-0.15, -0.1) is 11.8 Å².